The predicted octanol–water partition coefficient (Wildman–Crippen LogP) is 2.56. The number of hydrogen-bond acceptors (Lipinski definition) is 3. The Morgan fingerprint density at radius 2 is 2.27 bits per heavy atom. The molecule has 0 N–H and O–H groups in total. The first-order chi connectivity index (χ1) is 7.24. The zero-order valence-electron chi connectivity index (χ0n) is 8.81. The Morgan fingerprint density at radius 1 is 1.47 bits per heavy atom. The van der Waals surface area contributed by atoms with Gasteiger partial charge >= 0.3 is 0 Å². The number of nitro benzene ring substituents is 1. The molecule has 0 bridgehead atoms. The molecule has 15 heavy (non-hydrogen) atoms. The Labute approximate surface area is 89.0 Å². The van der Waals surface area contributed by atoms with Gasteiger partial charge in [0.15, 0.2) is 0 Å². The first kappa shape index (κ1) is 11.7. The molecule has 0 atom stereocenters. The van der Waals surface area contributed by atoms with E-state index in [0.29, 0.717) is 6.61 Å². The van der Waals surface area contributed by atoms with Crippen molar-refractivity contribution in [2.24, 2.45) is 0 Å². The molecule has 0 saturated heterocycles. The lowest BCUT2D eigenvalue weighted by Gasteiger charge is -2.01. The van der Waals surface area contributed by atoms with Crippen molar-refractivity contribution in [2.75, 3.05) is 13.2 Å². The first-order valence-electron chi connectivity index (χ1n) is 5.05. The van der Waals surface area contributed by atoms with Crippen LogP contribution in [0.3, 0.4) is 0 Å². The number of aryl methyl sites for hydroxylation is 1. The number of nitro groups is 1. The van der Waals surface area contributed by atoms with E-state index < -0.39 is 0 Å². The molecule has 0 saturated carbocycles. The molecule has 4 heteroatoms. The molecule has 1 aromatic rings. The van der Waals surface area contributed by atoms with Gasteiger partial charge in [0.1, 0.15) is 0 Å². The Kier molecular flexibility index (Phi) is 4.77. The molecule has 0 aromatic heterocycles. The van der Waals surface area contributed by atoms with Crippen LogP contribution in [0.4, 0.5) is 5.69 Å². The van der Waals surface area contributed by atoms with Crippen molar-refractivity contribution in [2.45, 2.75) is 19.8 Å². The molecule has 0 aliphatic carbocycles. The second kappa shape index (κ2) is 6.14. The number of rotatable bonds is 6. The van der Waals surface area contributed by atoms with Crippen molar-refractivity contribution in [1.82, 2.24) is 0 Å². The van der Waals surface area contributed by atoms with E-state index >= 15 is 0 Å². The van der Waals surface area contributed by atoms with Gasteiger partial charge in [-0.05, 0) is 25.3 Å². The highest BCUT2D eigenvalue weighted by Crippen LogP contribution is 2.14. The second-order valence-electron chi connectivity index (χ2n) is 3.23. The van der Waals surface area contributed by atoms with E-state index in [9.17, 15) is 10.1 Å². The lowest BCUT2D eigenvalue weighted by atomic mass is 10.1. The van der Waals surface area contributed by atoms with Crippen molar-refractivity contribution in [3.63, 3.8) is 0 Å². The largest absolute Gasteiger partial charge is 0.382 e. The van der Waals surface area contributed by atoms with Crippen molar-refractivity contribution in [3.8, 4) is 0 Å². The molecule has 0 fully saturated rings. The SMILES string of the molecule is CCOCCCc1cccc([N+](=O)[O-])c1. The fourth-order valence-corrected chi connectivity index (χ4v) is 1.35. The van der Waals surface area contributed by atoms with Crippen LogP contribution in [-0.4, -0.2) is 18.1 Å². The summed E-state index contributed by atoms with van der Waals surface area (Å²) in [6, 6.07) is 6.74. The van der Waals surface area contributed by atoms with Crippen LogP contribution >= 0.6 is 0 Å². The van der Waals surface area contributed by atoms with Crippen molar-refractivity contribution < 1.29 is 9.66 Å². The molecule has 0 aliphatic rings. The summed E-state index contributed by atoms with van der Waals surface area (Å²) in [5.74, 6) is 0. The van der Waals surface area contributed by atoms with Gasteiger partial charge in [0, 0.05) is 25.3 Å². The average Bonchev–Trinajstić information content (AvgIpc) is 2.25. The fraction of sp³-hybridized carbons (Fsp3) is 0.455. The van der Waals surface area contributed by atoms with E-state index in [1.807, 2.05) is 13.0 Å². The van der Waals surface area contributed by atoms with Crippen LogP contribution < -0.4 is 0 Å². The number of benzene rings is 1. The summed E-state index contributed by atoms with van der Waals surface area (Å²) < 4.78 is 5.20. The zero-order chi connectivity index (χ0) is 11.1. The topological polar surface area (TPSA) is 52.4 Å². The van der Waals surface area contributed by atoms with E-state index in [0.717, 1.165) is 25.0 Å². The molecular formula is C11H15NO3. The Bertz CT molecular complexity index is 325. The molecule has 1 aromatic carbocycles. The molecule has 82 valence electrons. The van der Waals surface area contributed by atoms with Crippen LogP contribution in [0.5, 0.6) is 0 Å². The number of hydrogen-bond donors (Lipinski definition) is 0. The van der Waals surface area contributed by atoms with Gasteiger partial charge in [-0.25, -0.2) is 0 Å². The van der Waals surface area contributed by atoms with Crippen LogP contribution in [0.2, 0.25) is 0 Å². The summed E-state index contributed by atoms with van der Waals surface area (Å²) in [6.07, 6.45) is 1.72. The molecule has 0 radical (unpaired) electrons. The second-order valence-corrected chi connectivity index (χ2v) is 3.23. The average molecular weight is 209 g/mol. The minimum absolute atomic E-state index is 0.156. The Hall–Kier alpha value is -1.42. The normalized spacial score (nSPS) is 10.2. The monoisotopic (exact) mass is 209 g/mol. The molecule has 1 rings (SSSR count). The highest BCUT2D eigenvalue weighted by Gasteiger charge is 2.04. The van der Waals surface area contributed by atoms with Crippen molar-refractivity contribution in [1.29, 1.82) is 0 Å². The summed E-state index contributed by atoms with van der Waals surface area (Å²) in [5, 5.41) is 10.5. The van der Waals surface area contributed by atoms with Gasteiger partial charge in [-0.15, -0.1) is 0 Å². The van der Waals surface area contributed by atoms with Crippen molar-refractivity contribution in [3.05, 3.63) is 39.9 Å². The summed E-state index contributed by atoms with van der Waals surface area (Å²) in [5.41, 5.74) is 1.15. The maximum atomic E-state index is 10.5. The van der Waals surface area contributed by atoms with Crippen LogP contribution in [0.1, 0.15) is 18.9 Å². The summed E-state index contributed by atoms with van der Waals surface area (Å²) >= 11 is 0. The molecule has 4 nitrogen and oxygen atoms in total. The van der Waals surface area contributed by atoms with Gasteiger partial charge in [-0.2, -0.15) is 0 Å². The summed E-state index contributed by atoms with van der Waals surface area (Å²) in [7, 11) is 0. The van der Waals surface area contributed by atoms with Gasteiger partial charge in [-0.3, -0.25) is 10.1 Å². The first-order valence-corrected chi connectivity index (χ1v) is 5.05. The number of nitrogens with zero attached hydrogens (tertiary/aromatic N) is 1. The molecule has 0 amide bonds. The Balaban J connectivity index is 2.47. The highest BCUT2D eigenvalue weighted by atomic mass is 16.6. The fourth-order valence-electron chi connectivity index (χ4n) is 1.35. The third-order valence-corrected chi connectivity index (χ3v) is 2.08. The van der Waals surface area contributed by atoms with E-state index in [1.165, 1.54) is 6.07 Å². The van der Waals surface area contributed by atoms with Crippen LogP contribution in [-0.2, 0) is 11.2 Å². The van der Waals surface area contributed by atoms with E-state index in [4.69, 9.17) is 4.74 Å². The van der Waals surface area contributed by atoms with Gasteiger partial charge in [0.25, 0.3) is 5.69 Å². The quantitative estimate of drug-likeness (QED) is 0.411. The molecule has 0 heterocycles. The van der Waals surface area contributed by atoms with Crippen molar-refractivity contribution >= 4 is 5.69 Å². The molecule has 0 aliphatic heterocycles. The van der Waals surface area contributed by atoms with Crippen LogP contribution in [0.15, 0.2) is 24.3 Å². The van der Waals surface area contributed by atoms with Gasteiger partial charge in [0.05, 0.1) is 4.92 Å². The number of ether oxygens (including phenoxy) is 1. The van der Waals surface area contributed by atoms with E-state index in [-0.39, 0.29) is 10.6 Å². The third kappa shape index (κ3) is 4.08. The highest BCUT2D eigenvalue weighted by molar-refractivity contribution is 5.34. The van der Waals surface area contributed by atoms with Gasteiger partial charge in [-0.1, -0.05) is 12.1 Å². The maximum absolute atomic E-state index is 10.5. The molecule has 0 unspecified atom stereocenters. The zero-order valence-corrected chi connectivity index (χ0v) is 8.81. The molecule has 0 spiro atoms. The molecular weight excluding hydrogens is 194 g/mol. The van der Waals surface area contributed by atoms with Gasteiger partial charge in [0.2, 0.25) is 0 Å². The summed E-state index contributed by atoms with van der Waals surface area (Å²) in [4.78, 5) is 10.1. The van der Waals surface area contributed by atoms with E-state index in [2.05, 4.69) is 0 Å². The van der Waals surface area contributed by atoms with Crippen LogP contribution in [0.25, 0.3) is 0 Å². The van der Waals surface area contributed by atoms with Crippen LogP contribution in [0, 0.1) is 10.1 Å². The lowest BCUT2D eigenvalue weighted by molar-refractivity contribution is -0.384. The third-order valence-electron chi connectivity index (χ3n) is 2.08. The predicted molar refractivity (Wildman–Crippen MR) is 57.9 cm³/mol. The Morgan fingerprint density at radius 3 is 2.93 bits per heavy atom. The lowest BCUT2D eigenvalue weighted by Crippen LogP contribution is -1.96. The minimum atomic E-state index is -0.369. The smallest absolute Gasteiger partial charge is 0.269 e. The maximum Gasteiger partial charge on any atom is 0.269 e. The standard InChI is InChI=1S/C11H15NO3/c1-2-15-8-4-6-10-5-3-7-11(9-10)12(13)14/h3,5,7,9H,2,4,6,8H2,1H3. The minimum Gasteiger partial charge on any atom is -0.382 e. The van der Waals surface area contributed by atoms with E-state index in [1.54, 1.807) is 12.1 Å². The number of non-ortho nitro benzene ring substituents is 1. The summed E-state index contributed by atoms with van der Waals surface area (Å²) in [6.45, 7) is 3.38. The van der Waals surface area contributed by atoms with Gasteiger partial charge < -0.3 is 4.74 Å².